The summed E-state index contributed by atoms with van der Waals surface area (Å²) >= 11 is 12.3. The van der Waals surface area contributed by atoms with Crippen LogP contribution in [0.15, 0.2) is 54.6 Å². The molecule has 3 aromatic rings. The Kier molecular flexibility index (Phi) is 8.40. The van der Waals surface area contributed by atoms with Gasteiger partial charge in [-0.3, -0.25) is 14.2 Å². The summed E-state index contributed by atoms with van der Waals surface area (Å²) < 4.78 is 34.2. The number of carbonyl (C=O) groups excluding carboxylic acids is 1. The number of nitrogens with zero attached hydrogens (tertiary/aromatic N) is 2. The predicted octanol–water partition coefficient (Wildman–Crippen LogP) is 4.60. The van der Waals surface area contributed by atoms with E-state index in [0.717, 1.165) is 5.56 Å². The Balaban J connectivity index is 1.69. The van der Waals surface area contributed by atoms with Crippen molar-refractivity contribution in [3.63, 3.8) is 0 Å². The number of aromatic nitrogens is 2. The summed E-state index contributed by atoms with van der Waals surface area (Å²) in [5.41, 5.74) is 2.12. The van der Waals surface area contributed by atoms with E-state index >= 15 is 0 Å². The van der Waals surface area contributed by atoms with Crippen molar-refractivity contribution in [2.75, 3.05) is 0 Å². The van der Waals surface area contributed by atoms with Gasteiger partial charge in [0.2, 0.25) is 21.8 Å². The Morgan fingerprint density at radius 2 is 1.85 bits per heavy atom. The molecule has 0 spiro atoms. The zero-order chi connectivity index (χ0) is 24.0. The van der Waals surface area contributed by atoms with E-state index < -0.39 is 15.9 Å². The van der Waals surface area contributed by atoms with Gasteiger partial charge in [0.1, 0.15) is 0 Å². The lowest BCUT2D eigenvalue weighted by Gasteiger charge is -2.10. The quantitative estimate of drug-likeness (QED) is 0.431. The molecule has 7 nitrogen and oxygen atoms in total. The molecule has 0 saturated heterocycles. The molecule has 0 aliphatic carbocycles. The van der Waals surface area contributed by atoms with Crippen molar-refractivity contribution >= 4 is 39.1 Å². The smallest absolute Gasteiger partial charge is 0.239 e. The first-order valence-electron chi connectivity index (χ1n) is 10.4. The highest BCUT2D eigenvalue weighted by Crippen LogP contribution is 2.24. The molecule has 0 aliphatic rings. The van der Waals surface area contributed by atoms with Gasteiger partial charge in [0.05, 0.1) is 18.4 Å². The van der Waals surface area contributed by atoms with Gasteiger partial charge in [-0.2, -0.15) is 0 Å². The van der Waals surface area contributed by atoms with Gasteiger partial charge in [0, 0.05) is 28.2 Å². The molecule has 0 unspecified atom stereocenters. The number of carbonyl (C=O) groups is 1. The van der Waals surface area contributed by atoms with Gasteiger partial charge in [-0.05, 0) is 43.5 Å². The molecule has 0 fully saturated rings. The summed E-state index contributed by atoms with van der Waals surface area (Å²) in [6, 6.07) is 15.6. The summed E-state index contributed by atoms with van der Waals surface area (Å²) in [5.74, 6) is -0.435. The number of aryl methyl sites for hydroxylation is 1. The van der Waals surface area contributed by atoms with E-state index in [2.05, 4.69) is 9.82 Å². The minimum Gasteiger partial charge on any atom is -0.474 e. The number of rotatable bonds is 10. The Morgan fingerprint density at radius 3 is 2.52 bits per heavy atom. The summed E-state index contributed by atoms with van der Waals surface area (Å²) in [6.07, 6.45) is 0.161. The number of hydrogen-bond acceptors (Lipinski definition) is 5. The molecule has 0 bridgehead atoms. The second-order valence-corrected chi connectivity index (χ2v) is 10.4. The van der Waals surface area contributed by atoms with Gasteiger partial charge in [-0.25, -0.2) is 8.42 Å². The molecular weight excluding hydrogens is 485 g/mol. The first kappa shape index (κ1) is 25.1. The molecule has 1 amide bonds. The Hall–Kier alpha value is -2.55. The highest BCUT2D eigenvalue weighted by Gasteiger charge is 2.18. The molecule has 0 aliphatic heterocycles. The van der Waals surface area contributed by atoms with Gasteiger partial charge < -0.3 is 4.74 Å². The Bertz CT molecular complexity index is 1210. The molecular formula is C23H25Cl2N3O4S. The van der Waals surface area contributed by atoms with Crippen molar-refractivity contribution < 1.29 is 17.9 Å². The van der Waals surface area contributed by atoms with Crippen LogP contribution in [0.1, 0.15) is 37.1 Å². The number of halogens is 2. The summed E-state index contributed by atoms with van der Waals surface area (Å²) in [6.45, 7) is 4.13. The minimum absolute atomic E-state index is 0.0326. The zero-order valence-corrected chi connectivity index (χ0v) is 20.6. The van der Waals surface area contributed by atoms with Crippen LogP contribution < -0.4 is 9.46 Å². The highest BCUT2D eigenvalue weighted by molar-refractivity contribution is 7.89. The summed E-state index contributed by atoms with van der Waals surface area (Å²) in [5, 5.41) is 5.50. The minimum atomic E-state index is -3.79. The van der Waals surface area contributed by atoms with Gasteiger partial charge in [0.25, 0.3) is 0 Å². The topological polar surface area (TPSA) is 90.3 Å². The van der Waals surface area contributed by atoms with E-state index in [9.17, 15) is 13.2 Å². The lowest BCUT2D eigenvalue weighted by Crippen LogP contribution is -2.31. The SMILES string of the molecule is CC(C)Oc1cc(CCC(=O)NS(=O)(=O)Cc2ccccc2)n(Cc2ccc(Cl)cc2Cl)n1. The van der Waals surface area contributed by atoms with E-state index in [0.29, 0.717) is 33.7 Å². The van der Waals surface area contributed by atoms with Crippen molar-refractivity contribution in [2.24, 2.45) is 0 Å². The number of ether oxygens (including phenoxy) is 1. The first-order valence-corrected chi connectivity index (χ1v) is 12.8. The second-order valence-electron chi connectivity index (χ2n) is 7.80. The largest absolute Gasteiger partial charge is 0.474 e. The van der Waals surface area contributed by atoms with E-state index in [-0.39, 0.29) is 24.7 Å². The first-order chi connectivity index (χ1) is 15.6. The summed E-state index contributed by atoms with van der Waals surface area (Å²) in [7, 11) is -3.79. The van der Waals surface area contributed by atoms with Crippen LogP contribution in [-0.2, 0) is 33.5 Å². The lowest BCUT2D eigenvalue weighted by atomic mass is 10.2. The fraction of sp³-hybridized carbons (Fsp3) is 0.304. The van der Waals surface area contributed by atoms with Gasteiger partial charge >= 0.3 is 0 Å². The predicted molar refractivity (Wildman–Crippen MR) is 129 cm³/mol. The van der Waals surface area contributed by atoms with Crippen molar-refractivity contribution in [2.45, 2.75) is 45.1 Å². The van der Waals surface area contributed by atoms with Crippen LogP contribution in [0, 0.1) is 0 Å². The molecule has 1 aromatic heterocycles. The molecule has 1 heterocycles. The third kappa shape index (κ3) is 7.77. The molecule has 3 rings (SSSR count). The van der Waals surface area contributed by atoms with E-state index in [1.54, 1.807) is 53.2 Å². The average Bonchev–Trinajstić information content (AvgIpc) is 3.09. The number of sulfonamides is 1. The van der Waals surface area contributed by atoms with E-state index in [1.807, 2.05) is 19.9 Å². The summed E-state index contributed by atoms with van der Waals surface area (Å²) in [4.78, 5) is 12.4. The van der Waals surface area contributed by atoms with Gasteiger partial charge in [-0.15, -0.1) is 5.10 Å². The Labute approximate surface area is 203 Å². The van der Waals surface area contributed by atoms with Crippen LogP contribution in [-0.4, -0.2) is 30.2 Å². The molecule has 2 aromatic carbocycles. The molecule has 176 valence electrons. The van der Waals surface area contributed by atoms with Crippen molar-refractivity contribution in [1.82, 2.24) is 14.5 Å². The van der Waals surface area contributed by atoms with E-state index in [1.165, 1.54) is 0 Å². The van der Waals surface area contributed by atoms with Gasteiger partial charge in [0.15, 0.2) is 0 Å². The van der Waals surface area contributed by atoms with Crippen molar-refractivity contribution in [3.05, 3.63) is 81.5 Å². The average molecular weight is 510 g/mol. The standard InChI is InChI=1S/C23H25Cl2N3O4S/c1-16(2)32-23-13-20(28(26-23)14-18-8-9-19(24)12-21(18)25)10-11-22(29)27-33(30,31)15-17-6-4-3-5-7-17/h3-9,12-13,16H,10-11,14-15H2,1-2H3,(H,27,29). The number of hydrogen-bond donors (Lipinski definition) is 1. The van der Waals surface area contributed by atoms with Crippen LogP contribution in [0.25, 0.3) is 0 Å². The maximum Gasteiger partial charge on any atom is 0.239 e. The van der Waals surface area contributed by atoms with Crippen LogP contribution in [0.3, 0.4) is 0 Å². The number of nitrogens with one attached hydrogen (secondary N) is 1. The zero-order valence-electron chi connectivity index (χ0n) is 18.3. The fourth-order valence-electron chi connectivity index (χ4n) is 3.17. The molecule has 0 atom stereocenters. The highest BCUT2D eigenvalue weighted by atomic mass is 35.5. The Morgan fingerprint density at radius 1 is 1.12 bits per heavy atom. The maximum absolute atomic E-state index is 12.4. The van der Waals surface area contributed by atoms with Crippen LogP contribution in [0.4, 0.5) is 0 Å². The molecule has 33 heavy (non-hydrogen) atoms. The van der Waals surface area contributed by atoms with E-state index in [4.69, 9.17) is 27.9 Å². The number of amides is 1. The van der Waals surface area contributed by atoms with Gasteiger partial charge in [-0.1, -0.05) is 59.6 Å². The van der Waals surface area contributed by atoms with Crippen LogP contribution in [0.2, 0.25) is 10.0 Å². The fourth-order valence-corrected chi connectivity index (χ4v) is 4.79. The van der Waals surface area contributed by atoms with Crippen LogP contribution >= 0.6 is 23.2 Å². The second kappa shape index (κ2) is 11.0. The third-order valence-electron chi connectivity index (χ3n) is 4.61. The normalized spacial score (nSPS) is 11.5. The third-order valence-corrected chi connectivity index (χ3v) is 6.45. The molecule has 1 N–H and O–H groups in total. The molecule has 10 heteroatoms. The van der Waals surface area contributed by atoms with Crippen LogP contribution in [0.5, 0.6) is 5.88 Å². The monoisotopic (exact) mass is 509 g/mol. The number of benzene rings is 2. The maximum atomic E-state index is 12.4. The van der Waals surface area contributed by atoms with Crippen molar-refractivity contribution in [3.8, 4) is 5.88 Å². The molecule has 0 saturated carbocycles. The lowest BCUT2D eigenvalue weighted by molar-refractivity contribution is -0.119. The van der Waals surface area contributed by atoms with Crippen molar-refractivity contribution in [1.29, 1.82) is 0 Å². The molecule has 0 radical (unpaired) electrons.